The van der Waals surface area contributed by atoms with Crippen LogP contribution in [0.3, 0.4) is 0 Å². The van der Waals surface area contributed by atoms with Crippen LogP contribution in [0.4, 0.5) is 0 Å². The van der Waals surface area contributed by atoms with Crippen LogP contribution in [0.1, 0.15) is 298 Å². The van der Waals surface area contributed by atoms with E-state index in [0.717, 1.165) is 25.0 Å². The molecule has 2 atom stereocenters. The van der Waals surface area contributed by atoms with E-state index in [1.165, 1.54) is 270 Å². The molecule has 0 saturated heterocycles. The van der Waals surface area contributed by atoms with E-state index in [0.29, 0.717) is 0 Å². The van der Waals surface area contributed by atoms with Crippen molar-refractivity contribution in [3.63, 3.8) is 0 Å². The van der Waals surface area contributed by atoms with E-state index in [1.54, 1.807) is 0 Å². The van der Waals surface area contributed by atoms with Crippen LogP contribution in [0.25, 0.3) is 0 Å². The predicted molar refractivity (Wildman–Crippen MR) is 264 cm³/mol. The van der Waals surface area contributed by atoms with E-state index < -0.39 is 7.82 Å². The van der Waals surface area contributed by atoms with Crippen LogP contribution in [0.15, 0.2) is 0 Å². The van der Waals surface area contributed by atoms with Crippen LogP contribution in [0.5, 0.6) is 0 Å². The summed E-state index contributed by atoms with van der Waals surface area (Å²) in [6.45, 7) is 18.4. The summed E-state index contributed by atoms with van der Waals surface area (Å²) < 4.78 is 15.4. The first-order valence-electron chi connectivity index (χ1n) is 26.8. The maximum Gasteiger partial charge on any atom is 0.466 e. The molecule has 0 fully saturated rings. The quantitative estimate of drug-likeness (QED) is 0.0359. The van der Waals surface area contributed by atoms with E-state index in [9.17, 15) is 0 Å². The maximum atomic E-state index is 8.88. The molecule has 0 aliphatic rings. The molecule has 0 bridgehead atoms. The van der Waals surface area contributed by atoms with Gasteiger partial charge in [0.05, 0.1) is 0 Å². The van der Waals surface area contributed by atoms with Gasteiger partial charge in [-0.05, 0) is 63.5 Å². The van der Waals surface area contributed by atoms with Crippen molar-refractivity contribution in [3.05, 3.63) is 0 Å². The summed E-state index contributed by atoms with van der Waals surface area (Å²) >= 11 is 0. The highest BCUT2D eigenvalue weighted by Gasteiger charge is 2.13. The van der Waals surface area contributed by atoms with Gasteiger partial charge in [0.25, 0.3) is 0 Å². The Balaban J connectivity index is -0.00000117. The Hall–Kier alpha value is 0.0300. The molecule has 4 N–H and O–H groups in total. The molecule has 0 rings (SSSR count). The predicted octanol–water partition coefficient (Wildman–Crippen LogP) is 17.6. The van der Waals surface area contributed by atoms with E-state index in [1.807, 2.05) is 0 Å². The van der Waals surface area contributed by atoms with Gasteiger partial charge in [-0.15, -0.1) is 0 Å². The van der Waals surface area contributed by atoms with Gasteiger partial charge < -0.3 is 24.7 Å². The van der Waals surface area contributed by atoms with Crippen LogP contribution < -0.4 is 5.32 Å². The minimum absolute atomic E-state index is 0.806. The van der Waals surface area contributed by atoms with E-state index >= 15 is 0 Å². The molecule has 0 aliphatic carbocycles. The molecule has 0 spiro atoms. The highest BCUT2D eigenvalue weighted by molar-refractivity contribution is 7.45. The number of nitrogens with one attached hydrogen (secondary N) is 1. The lowest BCUT2D eigenvalue weighted by Gasteiger charge is -2.21. The average molecular weight is 862 g/mol. The van der Waals surface area contributed by atoms with Gasteiger partial charge in [-0.2, -0.15) is 0 Å². The third-order valence-electron chi connectivity index (χ3n) is 12.0. The van der Waals surface area contributed by atoms with Crippen LogP contribution in [-0.4, -0.2) is 41.0 Å². The molecule has 0 saturated carbocycles. The minimum Gasteiger partial charge on any atom is -0.381 e. The summed E-state index contributed by atoms with van der Waals surface area (Å²) in [5.74, 6) is 1.61. The second kappa shape index (κ2) is 56.0. The Labute approximate surface area is 372 Å². The van der Waals surface area contributed by atoms with Crippen LogP contribution >= 0.6 is 7.82 Å². The van der Waals surface area contributed by atoms with Crippen molar-refractivity contribution >= 4 is 7.82 Å². The zero-order valence-electron chi connectivity index (χ0n) is 41.4. The molecule has 0 aromatic heterocycles. The largest absolute Gasteiger partial charge is 0.466 e. The first kappa shape index (κ1) is 63.3. The fourth-order valence-electron chi connectivity index (χ4n) is 8.06. The molecule has 6 nitrogen and oxygen atoms in total. The normalized spacial score (nSPS) is 12.5. The Kier molecular flexibility index (Phi) is 60.2. The van der Waals surface area contributed by atoms with Crippen molar-refractivity contribution < 1.29 is 24.0 Å². The van der Waals surface area contributed by atoms with Gasteiger partial charge in [0.15, 0.2) is 0 Å². The fraction of sp³-hybridized carbons (Fsp3) is 1.00. The van der Waals surface area contributed by atoms with Crippen LogP contribution in [0, 0.1) is 11.8 Å². The van der Waals surface area contributed by atoms with Crippen molar-refractivity contribution in [1.29, 1.82) is 0 Å². The average Bonchev–Trinajstić information content (AvgIpc) is 3.21. The second-order valence-corrected chi connectivity index (χ2v) is 19.3. The lowest BCUT2D eigenvalue weighted by Crippen LogP contribution is -2.16. The Morgan fingerprint density at radius 1 is 0.339 bits per heavy atom. The summed E-state index contributed by atoms with van der Waals surface area (Å²) in [7, 11) is -4.64. The molecular formula is C52H112NO5P. The lowest BCUT2D eigenvalue weighted by molar-refractivity contribution is 0.0587. The zero-order chi connectivity index (χ0) is 44.2. The number of ether oxygens (including phenoxy) is 1. The topological polar surface area (TPSA) is 99.0 Å². The SMILES string of the molecule is CCCCCCCCCCC(CCCCCC)COCC(CCCCCC)CCCCCCCCCC.CCCCCCCCNCCCCCCCC.O=P(O)(O)O. The van der Waals surface area contributed by atoms with Crippen molar-refractivity contribution in [1.82, 2.24) is 5.32 Å². The number of hydrogen-bond donors (Lipinski definition) is 4. The summed E-state index contributed by atoms with van der Waals surface area (Å²) in [6.07, 6.45) is 56.6. The van der Waals surface area contributed by atoms with Crippen molar-refractivity contribution in [2.75, 3.05) is 26.3 Å². The van der Waals surface area contributed by atoms with Gasteiger partial charge in [-0.1, -0.05) is 260 Å². The smallest absolute Gasteiger partial charge is 0.381 e. The molecule has 0 heterocycles. The van der Waals surface area contributed by atoms with Crippen molar-refractivity contribution in [2.24, 2.45) is 11.8 Å². The van der Waals surface area contributed by atoms with Crippen LogP contribution in [-0.2, 0) is 9.30 Å². The Bertz CT molecular complexity index is 707. The lowest BCUT2D eigenvalue weighted by atomic mass is 9.94. The number of phosphoric acid groups is 1. The van der Waals surface area contributed by atoms with Crippen molar-refractivity contribution in [3.8, 4) is 0 Å². The molecule has 0 aromatic carbocycles. The number of rotatable bonds is 46. The zero-order valence-corrected chi connectivity index (χ0v) is 42.3. The summed E-state index contributed by atoms with van der Waals surface area (Å²) in [5, 5.41) is 3.57. The molecule has 7 heteroatoms. The maximum absolute atomic E-state index is 8.88. The highest BCUT2D eigenvalue weighted by Crippen LogP contribution is 2.26. The Morgan fingerprint density at radius 2 is 0.525 bits per heavy atom. The molecule has 0 radical (unpaired) electrons. The van der Waals surface area contributed by atoms with Gasteiger partial charge in [0.1, 0.15) is 0 Å². The molecule has 59 heavy (non-hydrogen) atoms. The number of unbranched alkanes of at least 4 members (excludes halogenated alkanes) is 30. The van der Waals surface area contributed by atoms with Crippen LogP contribution in [0.2, 0.25) is 0 Å². The monoisotopic (exact) mass is 862 g/mol. The van der Waals surface area contributed by atoms with E-state index in [2.05, 4.69) is 46.9 Å². The van der Waals surface area contributed by atoms with E-state index in [4.69, 9.17) is 24.0 Å². The number of hydrogen-bond acceptors (Lipinski definition) is 3. The first-order chi connectivity index (χ1) is 28.7. The van der Waals surface area contributed by atoms with Gasteiger partial charge in [-0.3, -0.25) is 0 Å². The van der Waals surface area contributed by atoms with Gasteiger partial charge in [0, 0.05) is 13.2 Å². The molecule has 2 unspecified atom stereocenters. The van der Waals surface area contributed by atoms with Gasteiger partial charge >= 0.3 is 7.82 Å². The Morgan fingerprint density at radius 3 is 0.763 bits per heavy atom. The van der Waals surface area contributed by atoms with Crippen molar-refractivity contribution in [2.45, 2.75) is 298 Å². The summed E-state index contributed by atoms with van der Waals surface area (Å²) in [5.41, 5.74) is 0. The highest BCUT2D eigenvalue weighted by atomic mass is 31.2. The first-order valence-corrected chi connectivity index (χ1v) is 28.3. The second-order valence-electron chi connectivity index (χ2n) is 18.3. The van der Waals surface area contributed by atoms with E-state index in [-0.39, 0.29) is 0 Å². The molecule has 0 aliphatic heterocycles. The summed E-state index contributed by atoms with van der Waals surface area (Å²) in [4.78, 5) is 21.6. The third kappa shape index (κ3) is 67.3. The molecule has 360 valence electrons. The third-order valence-corrected chi connectivity index (χ3v) is 12.0. The minimum atomic E-state index is -4.64. The molecule has 0 amide bonds. The van der Waals surface area contributed by atoms with Gasteiger partial charge in [0.2, 0.25) is 0 Å². The molecule has 0 aromatic rings. The fourth-order valence-corrected chi connectivity index (χ4v) is 8.06. The van der Waals surface area contributed by atoms with Gasteiger partial charge in [-0.25, -0.2) is 4.57 Å². The summed E-state index contributed by atoms with van der Waals surface area (Å²) in [6, 6.07) is 0. The standard InChI is InChI=1S/C36H74O.C16H35N.H3O4P/c1-5-9-13-17-19-21-23-27-31-35(29-25-15-11-7-3)33-37-34-36(30-26-16-12-8-4)32-28-24-22-20-18-14-10-6-2;1-3-5-7-9-11-13-15-17-16-14-12-10-8-6-4-2;1-5(2,3)4/h35-36H,5-34H2,1-4H3;17H,3-16H2,1-2H3;(H3,1,2,3,4). The molecular weight excluding hydrogens is 750 g/mol.